The Kier molecular flexibility index (Phi) is 5.45. The molecule has 6 nitrogen and oxygen atoms in total. The predicted octanol–water partition coefficient (Wildman–Crippen LogP) is 3.15. The summed E-state index contributed by atoms with van der Waals surface area (Å²) in [7, 11) is 0. The number of carbonyl (C=O) groups is 1. The van der Waals surface area contributed by atoms with Crippen LogP contribution in [0, 0.1) is 5.82 Å². The minimum atomic E-state index is -3.52. The largest absolute Gasteiger partial charge is 0.461 e. The highest BCUT2D eigenvalue weighted by molar-refractivity contribution is 5.95. The number of Topliss-reactive ketones (excluding diaryl/α,β-unsaturated/α-hetero) is 1. The van der Waals surface area contributed by atoms with Crippen LogP contribution < -0.4 is 10.5 Å². The third kappa shape index (κ3) is 4.01. The Morgan fingerprint density at radius 1 is 1.31 bits per heavy atom. The zero-order valence-electron chi connectivity index (χ0n) is 15.3. The highest BCUT2D eigenvalue weighted by Crippen LogP contribution is 2.44. The molecule has 2 N–H and O–H groups in total. The van der Waals surface area contributed by atoms with Gasteiger partial charge in [-0.25, -0.2) is 18.8 Å². The number of amidine groups is 1. The van der Waals surface area contributed by atoms with E-state index in [9.17, 15) is 22.4 Å². The van der Waals surface area contributed by atoms with Crippen LogP contribution in [0.3, 0.4) is 0 Å². The number of aliphatic imine (C=N–C) groups is 1. The first-order valence-corrected chi connectivity index (χ1v) is 8.49. The van der Waals surface area contributed by atoms with E-state index in [1.165, 1.54) is 24.4 Å². The molecule has 2 heterocycles. The Balaban J connectivity index is 1.89. The van der Waals surface area contributed by atoms with Crippen molar-refractivity contribution in [2.45, 2.75) is 24.8 Å². The lowest BCUT2D eigenvalue weighted by atomic mass is 9.84. The summed E-state index contributed by atoms with van der Waals surface area (Å²) >= 11 is 0. The maximum absolute atomic E-state index is 14.5. The van der Waals surface area contributed by atoms with Crippen LogP contribution in [-0.4, -0.2) is 36.2 Å². The van der Waals surface area contributed by atoms with E-state index < -0.39 is 48.1 Å². The zero-order chi connectivity index (χ0) is 21.2. The topological polar surface area (TPSA) is 86.8 Å². The smallest absolute Gasteiger partial charge is 0.310 e. The molecule has 10 heteroatoms. The molecule has 0 amide bonds. The van der Waals surface area contributed by atoms with Gasteiger partial charge in [0.05, 0.1) is 6.20 Å². The molecule has 0 bridgehead atoms. The van der Waals surface area contributed by atoms with Crippen molar-refractivity contribution in [1.82, 2.24) is 4.98 Å². The highest BCUT2D eigenvalue weighted by atomic mass is 19.3. The maximum atomic E-state index is 14.5. The molecule has 1 aliphatic heterocycles. The number of pyridine rings is 1. The van der Waals surface area contributed by atoms with Crippen molar-refractivity contribution in [3.8, 4) is 5.75 Å². The van der Waals surface area contributed by atoms with Crippen LogP contribution in [0.15, 0.2) is 41.5 Å². The molecule has 0 fully saturated rings. The molecular formula is C19H17F4N3O3. The third-order valence-electron chi connectivity index (χ3n) is 4.61. The summed E-state index contributed by atoms with van der Waals surface area (Å²) in [6, 6.07) is 5.70. The number of halogens is 4. The lowest BCUT2D eigenvalue weighted by Crippen LogP contribution is -2.51. The number of aromatic nitrogens is 1. The lowest BCUT2D eigenvalue weighted by molar-refractivity contribution is -0.117. The first-order chi connectivity index (χ1) is 13.7. The van der Waals surface area contributed by atoms with Crippen LogP contribution >= 0.6 is 0 Å². The lowest BCUT2D eigenvalue weighted by Gasteiger charge is -2.37. The van der Waals surface area contributed by atoms with Gasteiger partial charge < -0.3 is 15.2 Å². The average molecular weight is 411 g/mol. The van der Waals surface area contributed by atoms with Crippen LogP contribution in [0.1, 0.15) is 28.5 Å². The van der Waals surface area contributed by atoms with Gasteiger partial charge in [-0.2, -0.15) is 8.78 Å². The number of alkyl halides is 3. The third-order valence-corrected chi connectivity index (χ3v) is 4.61. The fourth-order valence-corrected chi connectivity index (χ4v) is 2.92. The van der Waals surface area contributed by atoms with E-state index in [0.717, 1.165) is 19.1 Å². The van der Waals surface area contributed by atoms with Crippen LogP contribution in [0.4, 0.5) is 17.6 Å². The van der Waals surface area contributed by atoms with Gasteiger partial charge in [0, 0.05) is 12.0 Å². The number of nitrogens with two attached hydrogens (primary N) is 1. The van der Waals surface area contributed by atoms with E-state index in [-0.39, 0.29) is 23.4 Å². The van der Waals surface area contributed by atoms with Gasteiger partial charge in [0.25, 0.3) is 6.02 Å². The molecule has 0 aliphatic carbocycles. The number of benzene rings is 1. The number of ketones is 1. The van der Waals surface area contributed by atoms with E-state index in [1.807, 2.05) is 0 Å². The Morgan fingerprint density at radius 3 is 2.72 bits per heavy atom. The molecule has 0 saturated carbocycles. The Morgan fingerprint density at radius 2 is 2.07 bits per heavy atom. The quantitative estimate of drug-likeness (QED) is 0.583. The molecule has 1 aliphatic rings. The molecule has 3 rings (SSSR count). The van der Waals surface area contributed by atoms with E-state index in [1.54, 1.807) is 0 Å². The average Bonchev–Trinajstić information content (AvgIpc) is 2.67. The predicted molar refractivity (Wildman–Crippen MR) is 95.1 cm³/mol. The summed E-state index contributed by atoms with van der Waals surface area (Å²) in [6.07, 6.45) is 0.963. The van der Waals surface area contributed by atoms with E-state index >= 15 is 0 Å². The van der Waals surface area contributed by atoms with E-state index in [0.29, 0.717) is 0 Å². The van der Waals surface area contributed by atoms with Crippen molar-refractivity contribution in [2.24, 2.45) is 10.7 Å². The number of rotatable bonds is 6. The van der Waals surface area contributed by atoms with Crippen molar-refractivity contribution >= 4 is 11.8 Å². The molecule has 0 radical (unpaired) electrons. The van der Waals surface area contributed by atoms with Crippen molar-refractivity contribution in [3.63, 3.8) is 0 Å². The second-order valence-electron chi connectivity index (χ2n) is 6.56. The molecular weight excluding hydrogens is 394 g/mol. The summed E-state index contributed by atoms with van der Waals surface area (Å²) < 4.78 is 64.7. The molecule has 0 spiro atoms. The van der Waals surface area contributed by atoms with Gasteiger partial charge in [-0.3, -0.25) is 4.79 Å². The van der Waals surface area contributed by atoms with Gasteiger partial charge in [0.1, 0.15) is 17.3 Å². The van der Waals surface area contributed by atoms with Gasteiger partial charge in [-0.1, -0.05) is 6.07 Å². The van der Waals surface area contributed by atoms with Gasteiger partial charge in [0.2, 0.25) is 6.86 Å². The van der Waals surface area contributed by atoms with Crippen molar-refractivity contribution in [2.75, 3.05) is 13.5 Å². The molecule has 1 aromatic carbocycles. The Labute approximate surface area is 163 Å². The van der Waals surface area contributed by atoms with Crippen molar-refractivity contribution < 1.29 is 31.8 Å². The maximum Gasteiger partial charge on any atom is 0.310 e. The van der Waals surface area contributed by atoms with Gasteiger partial charge in [-0.05, 0) is 36.8 Å². The molecule has 1 atom stereocenters. The fourth-order valence-electron chi connectivity index (χ4n) is 2.92. The second-order valence-corrected chi connectivity index (χ2v) is 6.56. The molecule has 2 aromatic rings. The van der Waals surface area contributed by atoms with Crippen LogP contribution in [-0.2, 0) is 16.7 Å². The first kappa shape index (κ1) is 20.6. The summed E-state index contributed by atoms with van der Waals surface area (Å²) in [6.45, 7) is -1.02. The molecule has 29 heavy (non-hydrogen) atoms. The standard InChI is InChI=1S/C19H17F4N3O3/c1-18(19(22,23)9-28-17(24)26-18)13-6-11(2-4-14(13)21)7-16(27)15-5-3-12(8-25-15)29-10-20/h2-6,8H,7,9-10H2,1H3,(H2,24,26)/t18-/m1/s1. The summed E-state index contributed by atoms with van der Waals surface area (Å²) in [5, 5.41) is 0. The summed E-state index contributed by atoms with van der Waals surface area (Å²) in [5.74, 6) is -4.72. The van der Waals surface area contributed by atoms with E-state index in [4.69, 9.17) is 5.73 Å². The minimum Gasteiger partial charge on any atom is -0.461 e. The molecule has 0 saturated heterocycles. The van der Waals surface area contributed by atoms with Crippen molar-refractivity contribution in [3.05, 3.63) is 59.2 Å². The number of ether oxygens (including phenoxy) is 2. The normalized spacial score (nSPS) is 20.5. The monoisotopic (exact) mass is 411 g/mol. The Bertz CT molecular complexity index is 950. The van der Waals surface area contributed by atoms with Crippen LogP contribution in [0.2, 0.25) is 0 Å². The number of carbonyl (C=O) groups excluding carboxylic acids is 1. The van der Waals surface area contributed by atoms with Gasteiger partial charge >= 0.3 is 5.92 Å². The minimum absolute atomic E-state index is 0.0620. The zero-order valence-corrected chi connectivity index (χ0v) is 15.3. The van der Waals surface area contributed by atoms with Crippen molar-refractivity contribution in [1.29, 1.82) is 0 Å². The van der Waals surface area contributed by atoms with Crippen LogP contribution in [0.25, 0.3) is 0 Å². The summed E-state index contributed by atoms with van der Waals surface area (Å²) in [5.41, 5.74) is 3.08. The molecule has 154 valence electrons. The fraction of sp³-hybridized carbons (Fsp3) is 0.316. The Hall–Kier alpha value is -3.17. The molecule has 0 unspecified atom stereocenters. The van der Waals surface area contributed by atoms with Gasteiger partial charge in [0.15, 0.2) is 17.9 Å². The summed E-state index contributed by atoms with van der Waals surface area (Å²) in [4.78, 5) is 20.0. The van der Waals surface area contributed by atoms with Crippen LogP contribution in [0.5, 0.6) is 5.75 Å². The second kappa shape index (κ2) is 7.69. The number of nitrogens with zero attached hydrogens (tertiary/aromatic N) is 2. The van der Waals surface area contributed by atoms with Gasteiger partial charge in [-0.15, -0.1) is 0 Å². The number of hydrogen-bond donors (Lipinski definition) is 1. The highest BCUT2D eigenvalue weighted by Gasteiger charge is 2.56. The van der Waals surface area contributed by atoms with E-state index in [2.05, 4.69) is 19.5 Å². The molecule has 1 aromatic heterocycles. The first-order valence-electron chi connectivity index (χ1n) is 8.49. The SMILES string of the molecule is C[C@]1(c2cc(CC(=O)c3ccc(OCF)cn3)ccc2F)N=C(N)OCC1(F)F. The number of hydrogen-bond acceptors (Lipinski definition) is 6.